The molecular weight excluding hydrogens is 196 g/mol. The second kappa shape index (κ2) is 4.93. The molecule has 0 fully saturated rings. The van der Waals surface area contributed by atoms with E-state index in [0.717, 1.165) is 5.76 Å². The van der Waals surface area contributed by atoms with Crippen LogP contribution in [0.5, 0.6) is 0 Å². The van der Waals surface area contributed by atoms with E-state index < -0.39 is 5.97 Å². The predicted octanol–water partition coefficient (Wildman–Crippen LogP) is 1.53. The first-order valence-corrected chi connectivity index (χ1v) is 4.90. The summed E-state index contributed by atoms with van der Waals surface area (Å²) < 4.78 is 5.11. The molecule has 1 heterocycles. The van der Waals surface area contributed by atoms with Crippen molar-refractivity contribution in [1.82, 2.24) is 10.5 Å². The van der Waals surface area contributed by atoms with Gasteiger partial charge in [-0.15, -0.1) is 0 Å². The predicted molar refractivity (Wildman–Crippen MR) is 54.6 cm³/mol. The largest absolute Gasteiger partial charge is 0.481 e. The summed E-state index contributed by atoms with van der Waals surface area (Å²) in [6.07, 6.45) is 0.000564. The lowest BCUT2D eigenvalue weighted by Crippen LogP contribution is -2.20. The van der Waals surface area contributed by atoms with Crippen molar-refractivity contribution in [2.24, 2.45) is 0 Å². The maximum atomic E-state index is 10.6. The highest BCUT2D eigenvalue weighted by Gasteiger charge is 2.18. The van der Waals surface area contributed by atoms with Gasteiger partial charge in [-0.2, -0.15) is 0 Å². The van der Waals surface area contributed by atoms with Crippen molar-refractivity contribution in [2.75, 3.05) is 7.05 Å². The second-order valence-electron chi connectivity index (χ2n) is 3.75. The van der Waals surface area contributed by atoms with Crippen molar-refractivity contribution in [2.45, 2.75) is 32.2 Å². The standard InChI is InChI=1S/C10H16N2O3/c1-6(2)9-4-8(12-15-9)7(11-3)5-10(13)14/h4,6-7,11H,5H2,1-3H3,(H,13,14). The molecule has 5 nitrogen and oxygen atoms in total. The van der Waals surface area contributed by atoms with Crippen molar-refractivity contribution in [3.8, 4) is 0 Å². The Morgan fingerprint density at radius 3 is 2.73 bits per heavy atom. The van der Waals surface area contributed by atoms with Crippen molar-refractivity contribution < 1.29 is 14.4 Å². The highest BCUT2D eigenvalue weighted by atomic mass is 16.5. The molecule has 0 bridgehead atoms. The van der Waals surface area contributed by atoms with Crippen molar-refractivity contribution in [3.63, 3.8) is 0 Å². The molecule has 15 heavy (non-hydrogen) atoms. The third-order valence-corrected chi connectivity index (χ3v) is 2.20. The Labute approximate surface area is 88.5 Å². The molecule has 1 rings (SSSR count). The Bertz CT molecular complexity index is 333. The van der Waals surface area contributed by atoms with Crippen molar-refractivity contribution >= 4 is 5.97 Å². The Balaban J connectivity index is 2.78. The van der Waals surface area contributed by atoms with E-state index in [-0.39, 0.29) is 18.4 Å². The summed E-state index contributed by atoms with van der Waals surface area (Å²) in [5, 5.41) is 15.5. The first-order chi connectivity index (χ1) is 7.04. The Hall–Kier alpha value is -1.36. The number of nitrogens with one attached hydrogen (secondary N) is 1. The smallest absolute Gasteiger partial charge is 0.305 e. The van der Waals surface area contributed by atoms with E-state index in [1.54, 1.807) is 13.1 Å². The minimum absolute atomic E-state index is 0.000564. The van der Waals surface area contributed by atoms with Crippen LogP contribution in [-0.4, -0.2) is 23.3 Å². The van der Waals surface area contributed by atoms with E-state index in [4.69, 9.17) is 9.63 Å². The Kier molecular flexibility index (Phi) is 3.85. The van der Waals surface area contributed by atoms with E-state index in [2.05, 4.69) is 10.5 Å². The van der Waals surface area contributed by atoms with Crippen LogP contribution in [0.3, 0.4) is 0 Å². The summed E-state index contributed by atoms with van der Waals surface area (Å²) in [5.74, 6) is 0.174. The van der Waals surface area contributed by atoms with Crippen LogP contribution in [0.4, 0.5) is 0 Å². The summed E-state index contributed by atoms with van der Waals surface area (Å²) in [4.78, 5) is 10.6. The van der Waals surface area contributed by atoms with Crippen molar-refractivity contribution in [3.05, 3.63) is 17.5 Å². The van der Waals surface area contributed by atoms with Crippen LogP contribution in [-0.2, 0) is 4.79 Å². The average molecular weight is 212 g/mol. The number of aromatic nitrogens is 1. The van der Waals surface area contributed by atoms with Crippen LogP contribution in [0.1, 0.15) is 43.7 Å². The number of hydrogen-bond donors (Lipinski definition) is 2. The molecule has 2 N–H and O–H groups in total. The molecule has 0 spiro atoms. The van der Waals surface area contributed by atoms with Gasteiger partial charge in [0.1, 0.15) is 11.5 Å². The maximum Gasteiger partial charge on any atom is 0.305 e. The van der Waals surface area contributed by atoms with Gasteiger partial charge in [-0.05, 0) is 7.05 Å². The number of carboxylic acids is 1. The first kappa shape index (κ1) is 11.7. The summed E-state index contributed by atoms with van der Waals surface area (Å²) >= 11 is 0. The second-order valence-corrected chi connectivity index (χ2v) is 3.75. The highest BCUT2D eigenvalue weighted by molar-refractivity contribution is 5.67. The van der Waals surface area contributed by atoms with Gasteiger partial charge in [0.05, 0.1) is 12.5 Å². The first-order valence-electron chi connectivity index (χ1n) is 4.90. The monoisotopic (exact) mass is 212 g/mol. The van der Waals surface area contributed by atoms with Gasteiger partial charge in [0.15, 0.2) is 0 Å². The molecule has 1 atom stereocenters. The molecule has 0 amide bonds. The lowest BCUT2D eigenvalue weighted by molar-refractivity contribution is -0.137. The summed E-state index contributed by atoms with van der Waals surface area (Å²) in [5.41, 5.74) is 0.642. The fourth-order valence-corrected chi connectivity index (χ4v) is 1.27. The van der Waals surface area contributed by atoms with E-state index in [9.17, 15) is 4.79 Å². The molecule has 5 heteroatoms. The fraction of sp³-hybridized carbons (Fsp3) is 0.600. The Morgan fingerprint density at radius 2 is 2.33 bits per heavy atom. The van der Waals surface area contributed by atoms with Crippen LogP contribution in [0.15, 0.2) is 10.6 Å². The van der Waals surface area contributed by atoms with E-state index in [0.29, 0.717) is 5.69 Å². The quantitative estimate of drug-likeness (QED) is 0.774. The van der Waals surface area contributed by atoms with Crippen LogP contribution in [0, 0.1) is 0 Å². The number of carbonyl (C=O) groups is 1. The molecule has 0 aromatic carbocycles. The van der Waals surface area contributed by atoms with Gasteiger partial charge in [0.2, 0.25) is 0 Å². The molecule has 1 unspecified atom stereocenters. The fourth-order valence-electron chi connectivity index (χ4n) is 1.27. The van der Waals surface area contributed by atoms with Gasteiger partial charge in [-0.1, -0.05) is 19.0 Å². The molecule has 0 saturated carbocycles. The van der Waals surface area contributed by atoms with Crippen LogP contribution < -0.4 is 5.32 Å². The molecule has 0 aliphatic heterocycles. The number of aliphatic carboxylic acids is 1. The summed E-state index contributed by atoms with van der Waals surface area (Å²) in [6.45, 7) is 3.99. The van der Waals surface area contributed by atoms with Crippen LogP contribution >= 0.6 is 0 Å². The third-order valence-electron chi connectivity index (χ3n) is 2.20. The van der Waals surface area contributed by atoms with Crippen LogP contribution in [0.25, 0.3) is 0 Å². The van der Waals surface area contributed by atoms with Gasteiger partial charge in [-0.25, -0.2) is 0 Å². The molecule has 0 radical (unpaired) electrons. The lowest BCUT2D eigenvalue weighted by Gasteiger charge is -2.08. The summed E-state index contributed by atoms with van der Waals surface area (Å²) in [6, 6.07) is 1.51. The van der Waals surface area contributed by atoms with E-state index in [1.165, 1.54) is 0 Å². The zero-order chi connectivity index (χ0) is 11.4. The van der Waals surface area contributed by atoms with Crippen molar-refractivity contribution in [1.29, 1.82) is 0 Å². The molecule has 0 saturated heterocycles. The maximum absolute atomic E-state index is 10.6. The van der Waals surface area contributed by atoms with Gasteiger partial charge < -0.3 is 14.9 Å². The molecule has 0 aliphatic rings. The number of nitrogens with zero attached hydrogens (tertiary/aromatic N) is 1. The lowest BCUT2D eigenvalue weighted by atomic mass is 10.1. The molecule has 1 aromatic rings. The molecule has 0 aliphatic carbocycles. The minimum Gasteiger partial charge on any atom is -0.481 e. The normalized spacial score (nSPS) is 13.1. The molecular formula is C10H16N2O3. The van der Waals surface area contributed by atoms with E-state index in [1.807, 2.05) is 13.8 Å². The zero-order valence-corrected chi connectivity index (χ0v) is 9.15. The average Bonchev–Trinajstić information content (AvgIpc) is 2.62. The van der Waals surface area contributed by atoms with Gasteiger partial charge in [-0.3, -0.25) is 4.79 Å². The number of rotatable bonds is 5. The van der Waals surface area contributed by atoms with E-state index >= 15 is 0 Å². The SMILES string of the molecule is CNC(CC(=O)O)c1cc(C(C)C)on1. The number of hydrogen-bond acceptors (Lipinski definition) is 4. The Morgan fingerprint density at radius 1 is 1.67 bits per heavy atom. The highest BCUT2D eigenvalue weighted by Crippen LogP contribution is 2.21. The minimum atomic E-state index is -0.858. The van der Waals surface area contributed by atoms with Crippen LogP contribution in [0.2, 0.25) is 0 Å². The molecule has 1 aromatic heterocycles. The summed E-state index contributed by atoms with van der Waals surface area (Å²) in [7, 11) is 1.71. The third kappa shape index (κ3) is 3.06. The molecule has 84 valence electrons. The zero-order valence-electron chi connectivity index (χ0n) is 9.15. The van der Waals surface area contributed by atoms with Gasteiger partial charge >= 0.3 is 5.97 Å². The van der Waals surface area contributed by atoms with Gasteiger partial charge in [0.25, 0.3) is 0 Å². The van der Waals surface area contributed by atoms with Gasteiger partial charge in [0, 0.05) is 12.0 Å². The topological polar surface area (TPSA) is 75.4 Å². The number of carboxylic acid groups (broad SMARTS) is 1.